The first kappa shape index (κ1) is 12.5. The smallest absolute Gasteiger partial charge is 0.357 e. The number of carbonyl (C=O) groups is 1. The van der Waals surface area contributed by atoms with Gasteiger partial charge in [-0.15, -0.1) is 11.3 Å². The molecule has 1 aliphatic rings. The quantitative estimate of drug-likeness (QED) is 0.790. The molecule has 1 saturated heterocycles. The summed E-state index contributed by atoms with van der Waals surface area (Å²) >= 11 is 1.44. The second-order valence-corrected chi connectivity index (χ2v) is 4.94. The van der Waals surface area contributed by atoms with Crippen LogP contribution in [0.25, 0.3) is 0 Å². The van der Waals surface area contributed by atoms with Gasteiger partial charge in [-0.05, 0) is 13.0 Å². The first-order valence-electron chi connectivity index (χ1n) is 5.69. The van der Waals surface area contributed by atoms with Crippen molar-refractivity contribution < 1.29 is 14.3 Å². The Morgan fingerprint density at radius 1 is 1.71 bits per heavy atom. The summed E-state index contributed by atoms with van der Waals surface area (Å²) in [5.41, 5.74) is 5.81. The Hall–Kier alpha value is -0.980. The number of esters is 1. The van der Waals surface area contributed by atoms with Crippen molar-refractivity contribution in [3.05, 3.63) is 16.1 Å². The molecule has 6 heteroatoms. The van der Waals surface area contributed by atoms with E-state index in [0.717, 1.165) is 18.0 Å². The van der Waals surface area contributed by atoms with Crippen LogP contribution in [0, 0.1) is 5.92 Å². The van der Waals surface area contributed by atoms with Crippen LogP contribution in [0.4, 0.5) is 0 Å². The Morgan fingerprint density at radius 2 is 2.59 bits per heavy atom. The maximum Gasteiger partial charge on any atom is 0.357 e. The number of nitrogens with zero attached hydrogens (tertiary/aromatic N) is 1. The molecule has 2 heterocycles. The normalized spacial score (nSPS) is 19.5. The molecule has 1 atom stereocenters. The standard InChI is InChI=1S/C11H16N2O3S/c12-3-1-10-13-9(7-17-10)11(14)16-6-8-2-4-15-5-8/h7-8H,1-6,12H2. The molecule has 0 aliphatic carbocycles. The molecule has 0 bridgehead atoms. The lowest BCUT2D eigenvalue weighted by atomic mass is 10.1. The summed E-state index contributed by atoms with van der Waals surface area (Å²) in [7, 11) is 0. The maximum absolute atomic E-state index is 11.7. The summed E-state index contributed by atoms with van der Waals surface area (Å²) in [5, 5.41) is 2.60. The van der Waals surface area contributed by atoms with Gasteiger partial charge in [0.15, 0.2) is 5.69 Å². The Bertz CT molecular complexity index is 375. The number of carbonyl (C=O) groups excluding carboxylic acids is 1. The van der Waals surface area contributed by atoms with Crippen LogP contribution < -0.4 is 5.73 Å². The highest BCUT2D eigenvalue weighted by molar-refractivity contribution is 7.09. The van der Waals surface area contributed by atoms with Gasteiger partial charge in [0.1, 0.15) is 0 Å². The van der Waals surface area contributed by atoms with E-state index in [1.807, 2.05) is 0 Å². The van der Waals surface area contributed by atoms with Gasteiger partial charge in [-0.2, -0.15) is 0 Å². The summed E-state index contributed by atoms with van der Waals surface area (Å²) in [6.07, 6.45) is 1.66. The van der Waals surface area contributed by atoms with Crippen molar-refractivity contribution in [2.75, 3.05) is 26.4 Å². The third kappa shape index (κ3) is 3.49. The highest BCUT2D eigenvalue weighted by atomic mass is 32.1. The monoisotopic (exact) mass is 256 g/mol. The van der Waals surface area contributed by atoms with Gasteiger partial charge < -0.3 is 15.2 Å². The van der Waals surface area contributed by atoms with Gasteiger partial charge in [-0.1, -0.05) is 0 Å². The number of thiazole rings is 1. The molecule has 0 radical (unpaired) electrons. The van der Waals surface area contributed by atoms with Gasteiger partial charge in [0.2, 0.25) is 0 Å². The van der Waals surface area contributed by atoms with Crippen LogP contribution in [0.3, 0.4) is 0 Å². The van der Waals surface area contributed by atoms with E-state index in [4.69, 9.17) is 15.2 Å². The summed E-state index contributed by atoms with van der Waals surface area (Å²) in [4.78, 5) is 15.8. The fourth-order valence-corrected chi connectivity index (χ4v) is 2.41. The third-order valence-electron chi connectivity index (χ3n) is 2.59. The molecule has 2 N–H and O–H groups in total. The molecule has 0 aromatic carbocycles. The van der Waals surface area contributed by atoms with Crippen LogP contribution in [0.2, 0.25) is 0 Å². The third-order valence-corrected chi connectivity index (χ3v) is 3.50. The van der Waals surface area contributed by atoms with E-state index in [0.29, 0.717) is 37.8 Å². The van der Waals surface area contributed by atoms with Gasteiger partial charge in [0.05, 0.1) is 18.2 Å². The lowest BCUT2D eigenvalue weighted by molar-refractivity contribution is 0.0422. The molecule has 5 nitrogen and oxygen atoms in total. The first-order chi connectivity index (χ1) is 8.29. The van der Waals surface area contributed by atoms with Crippen molar-refractivity contribution in [2.24, 2.45) is 11.7 Å². The van der Waals surface area contributed by atoms with Crippen molar-refractivity contribution in [3.63, 3.8) is 0 Å². The molecular weight excluding hydrogens is 240 g/mol. The van der Waals surface area contributed by atoms with Gasteiger partial charge in [-0.25, -0.2) is 9.78 Å². The number of aromatic nitrogens is 1. The molecule has 0 spiro atoms. The van der Waals surface area contributed by atoms with Crippen LogP contribution >= 0.6 is 11.3 Å². The molecule has 1 fully saturated rings. The van der Waals surface area contributed by atoms with Crippen LogP contribution in [0.15, 0.2) is 5.38 Å². The zero-order valence-corrected chi connectivity index (χ0v) is 10.4. The fraction of sp³-hybridized carbons (Fsp3) is 0.636. The summed E-state index contributed by atoms with van der Waals surface area (Å²) < 4.78 is 10.4. The maximum atomic E-state index is 11.7. The zero-order valence-electron chi connectivity index (χ0n) is 9.55. The van der Waals surface area contributed by atoms with E-state index in [1.54, 1.807) is 5.38 Å². The minimum Gasteiger partial charge on any atom is -0.461 e. The van der Waals surface area contributed by atoms with Crippen LogP contribution in [-0.2, 0) is 15.9 Å². The highest BCUT2D eigenvalue weighted by Crippen LogP contribution is 2.15. The van der Waals surface area contributed by atoms with Crippen LogP contribution in [0.1, 0.15) is 21.9 Å². The Morgan fingerprint density at radius 3 is 3.29 bits per heavy atom. The van der Waals surface area contributed by atoms with Crippen molar-refractivity contribution in [1.29, 1.82) is 0 Å². The number of ether oxygens (including phenoxy) is 2. The second kappa shape index (κ2) is 6.09. The lowest BCUT2D eigenvalue weighted by Gasteiger charge is -2.07. The van der Waals surface area contributed by atoms with E-state index < -0.39 is 0 Å². The van der Waals surface area contributed by atoms with Crippen LogP contribution in [0.5, 0.6) is 0 Å². The average Bonchev–Trinajstić information content (AvgIpc) is 2.97. The molecule has 0 amide bonds. The molecule has 0 saturated carbocycles. The number of hydrogen-bond acceptors (Lipinski definition) is 6. The van der Waals surface area contributed by atoms with Crippen molar-refractivity contribution in [1.82, 2.24) is 4.98 Å². The molecule has 1 unspecified atom stereocenters. The lowest BCUT2D eigenvalue weighted by Crippen LogP contribution is -2.14. The number of nitrogens with two attached hydrogens (primary N) is 1. The summed E-state index contributed by atoms with van der Waals surface area (Å²) in [6, 6.07) is 0. The summed E-state index contributed by atoms with van der Waals surface area (Å²) in [6.45, 7) is 2.41. The minimum atomic E-state index is -0.351. The SMILES string of the molecule is NCCc1nc(C(=O)OCC2CCOC2)cs1. The van der Waals surface area contributed by atoms with E-state index >= 15 is 0 Å². The predicted molar refractivity (Wildman–Crippen MR) is 64.1 cm³/mol. The molecule has 1 aromatic rings. The van der Waals surface area contributed by atoms with E-state index in [-0.39, 0.29) is 5.97 Å². The molecule has 1 aliphatic heterocycles. The van der Waals surface area contributed by atoms with Crippen LogP contribution in [-0.4, -0.2) is 37.3 Å². The van der Waals surface area contributed by atoms with E-state index in [9.17, 15) is 4.79 Å². The Balaban J connectivity index is 1.81. The fourth-order valence-electron chi connectivity index (χ4n) is 1.63. The molecule has 94 valence electrons. The Kier molecular flexibility index (Phi) is 4.47. The number of rotatable bonds is 5. The van der Waals surface area contributed by atoms with E-state index in [1.165, 1.54) is 11.3 Å². The van der Waals surface area contributed by atoms with Crippen molar-refractivity contribution in [3.8, 4) is 0 Å². The minimum absolute atomic E-state index is 0.334. The predicted octanol–water partition coefficient (Wildman–Crippen LogP) is 0.838. The topological polar surface area (TPSA) is 74.4 Å². The second-order valence-electron chi connectivity index (χ2n) is 3.99. The van der Waals surface area contributed by atoms with Gasteiger partial charge in [0, 0.05) is 24.3 Å². The van der Waals surface area contributed by atoms with Gasteiger partial charge in [-0.3, -0.25) is 0 Å². The largest absolute Gasteiger partial charge is 0.461 e. The summed E-state index contributed by atoms with van der Waals surface area (Å²) in [5.74, 6) is -0.0162. The number of hydrogen-bond donors (Lipinski definition) is 1. The van der Waals surface area contributed by atoms with E-state index in [2.05, 4.69) is 4.98 Å². The highest BCUT2D eigenvalue weighted by Gasteiger charge is 2.19. The average molecular weight is 256 g/mol. The molecule has 2 rings (SSSR count). The molecule has 1 aromatic heterocycles. The van der Waals surface area contributed by atoms with Crippen molar-refractivity contribution in [2.45, 2.75) is 12.8 Å². The first-order valence-corrected chi connectivity index (χ1v) is 6.57. The van der Waals surface area contributed by atoms with Gasteiger partial charge in [0.25, 0.3) is 0 Å². The van der Waals surface area contributed by atoms with Gasteiger partial charge >= 0.3 is 5.97 Å². The van der Waals surface area contributed by atoms with Crippen molar-refractivity contribution >= 4 is 17.3 Å². The zero-order chi connectivity index (χ0) is 12.1. The molecular formula is C11H16N2O3S. The molecule has 17 heavy (non-hydrogen) atoms. The Labute approximate surface area is 104 Å².